The predicted octanol–water partition coefficient (Wildman–Crippen LogP) is 1.21. The fourth-order valence-electron chi connectivity index (χ4n) is 0.643. The molecule has 1 aromatic carbocycles. The fourth-order valence-corrected chi connectivity index (χ4v) is 0.858. The molecule has 0 fully saturated rings. The summed E-state index contributed by atoms with van der Waals surface area (Å²) in [6, 6.07) is 2.29. The number of benzene rings is 1. The number of phenolic OH excluding ortho intramolecular Hbond substituents is 2. The quantitative estimate of drug-likeness (QED) is 0.625. The van der Waals surface area contributed by atoms with Crippen LogP contribution in [0, 0.1) is 0 Å². The number of hydrogen-bond donors (Lipinski definition) is 2. The lowest BCUT2D eigenvalue weighted by molar-refractivity contribution is 0.404. The average molecular weight is 172 g/mol. The molecule has 0 aliphatic rings. The van der Waals surface area contributed by atoms with Gasteiger partial charge in [0.25, 0.3) is 0 Å². The largest absolute Gasteiger partial charge is 0.504 e. The van der Waals surface area contributed by atoms with Crippen LogP contribution in [0.2, 0.25) is 5.02 Å². The van der Waals surface area contributed by atoms with E-state index in [1.54, 1.807) is 0 Å². The highest BCUT2D eigenvalue weighted by Crippen LogP contribution is 2.33. The fraction of sp³-hybridized carbons (Fsp3) is 0. The van der Waals surface area contributed by atoms with Gasteiger partial charge in [0.1, 0.15) is 0 Å². The summed E-state index contributed by atoms with van der Waals surface area (Å²) in [5.41, 5.74) is 0.102. The average Bonchev–Trinajstić information content (AvgIpc) is 1.99. The second kappa shape index (κ2) is 2.80. The van der Waals surface area contributed by atoms with Gasteiger partial charge in [0.15, 0.2) is 11.5 Å². The molecule has 0 aromatic heterocycles. The maximum absolute atomic E-state index is 10.0. The Kier molecular flexibility index (Phi) is 2.01. The second-order valence-corrected chi connectivity index (χ2v) is 2.34. The van der Waals surface area contributed by atoms with Crippen molar-refractivity contribution in [1.82, 2.24) is 0 Å². The molecule has 1 rings (SSSR count). The standard InChI is InChI=1S/C7H4ClO3/c8-5-1-4(3-9)2-6(10)7(5)11/h1-2,10-11H. The number of rotatable bonds is 1. The topological polar surface area (TPSA) is 57.5 Å². The van der Waals surface area contributed by atoms with Gasteiger partial charge in [-0.25, -0.2) is 0 Å². The van der Waals surface area contributed by atoms with Crippen molar-refractivity contribution in [3.8, 4) is 11.5 Å². The van der Waals surface area contributed by atoms with Crippen molar-refractivity contribution in [2.75, 3.05) is 0 Å². The molecule has 3 nitrogen and oxygen atoms in total. The normalized spacial score (nSPS) is 9.55. The molecule has 57 valence electrons. The molecular weight excluding hydrogens is 168 g/mol. The molecule has 0 saturated carbocycles. The van der Waals surface area contributed by atoms with Crippen molar-refractivity contribution in [3.05, 3.63) is 22.7 Å². The van der Waals surface area contributed by atoms with Gasteiger partial charge in [-0.1, -0.05) is 11.6 Å². The Labute approximate surface area is 67.8 Å². The van der Waals surface area contributed by atoms with E-state index in [1.165, 1.54) is 12.4 Å². The molecule has 0 aliphatic carbocycles. The van der Waals surface area contributed by atoms with E-state index in [2.05, 4.69) is 0 Å². The summed E-state index contributed by atoms with van der Waals surface area (Å²) in [4.78, 5) is 10.0. The van der Waals surface area contributed by atoms with Crippen molar-refractivity contribution in [2.45, 2.75) is 0 Å². The van der Waals surface area contributed by atoms with E-state index in [-0.39, 0.29) is 10.6 Å². The van der Waals surface area contributed by atoms with Gasteiger partial charge in [-0.3, -0.25) is 4.79 Å². The molecule has 0 aliphatic heterocycles. The molecule has 0 saturated heterocycles. The van der Waals surface area contributed by atoms with Crippen LogP contribution in [-0.4, -0.2) is 16.5 Å². The molecule has 0 spiro atoms. The lowest BCUT2D eigenvalue weighted by Crippen LogP contribution is -1.80. The lowest BCUT2D eigenvalue weighted by atomic mass is 10.2. The van der Waals surface area contributed by atoms with E-state index in [0.717, 1.165) is 6.07 Å². The molecular formula is C7H4ClO3. The molecule has 11 heavy (non-hydrogen) atoms. The Balaban J connectivity index is 3.31. The van der Waals surface area contributed by atoms with Gasteiger partial charge in [0.2, 0.25) is 6.29 Å². The van der Waals surface area contributed by atoms with Crippen LogP contribution in [0.4, 0.5) is 0 Å². The van der Waals surface area contributed by atoms with E-state index in [4.69, 9.17) is 21.8 Å². The Morgan fingerprint density at radius 1 is 1.36 bits per heavy atom. The molecule has 0 atom stereocenters. The number of hydrogen-bond acceptors (Lipinski definition) is 3. The zero-order chi connectivity index (χ0) is 8.43. The lowest BCUT2D eigenvalue weighted by Gasteiger charge is -1.99. The summed E-state index contributed by atoms with van der Waals surface area (Å²) < 4.78 is 0. The van der Waals surface area contributed by atoms with Gasteiger partial charge in [-0.15, -0.1) is 0 Å². The molecule has 4 heteroatoms. The van der Waals surface area contributed by atoms with Crippen LogP contribution < -0.4 is 0 Å². The van der Waals surface area contributed by atoms with Crippen LogP contribution in [-0.2, 0) is 4.79 Å². The van der Waals surface area contributed by atoms with Crippen LogP contribution in [0.15, 0.2) is 12.1 Å². The van der Waals surface area contributed by atoms with Crippen molar-refractivity contribution >= 4 is 17.9 Å². The summed E-state index contributed by atoms with van der Waals surface area (Å²) in [5.74, 6) is -0.846. The summed E-state index contributed by atoms with van der Waals surface area (Å²) in [6.07, 6.45) is 1.53. The first-order chi connectivity index (χ1) is 5.15. The third kappa shape index (κ3) is 1.43. The van der Waals surface area contributed by atoms with E-state index in [1.807, 2.05) is 0 Å². The van der Waals surface area contributed by atoms with Gasteiger partial charge in [0.05, 0.1) is 5.02 Å². The Bertz CT molecular complexity index is 273. The monoisotopic (exact) mass is 171 g/mol. The van der Waals surface area contributed by atoms with E-state index >= 15 is 0 Å². The number of halogens is 1. The number of aromatic hydroxyl groups is 2. The van der Waals surface area contributed by atoms with Crippen LogP contribution >= 0.6 is 11.6 Å². The molecule has 0 amide bonds. The SMILES string of the molecule is O=[C]c1cc(O)c(O)c(Cl)c1. The summed E-state index contributed by atoms with van der Waals surface area (Å²) in [7, 11) is 0. The van der Waals surface area contributed by atoms with E-state index < -0.39 is 11.5 Å². The van der Waals surface area contributed by atoms with Crippen molar-refractivity contribution in [3.63, 3.8) is 0 Å². The summed E-state index contributed by atoms with van der Waals surface area (Å²) in [6.45, 7) is 0. The first kappa shape index (κ1) is 7.88. The van der Waals surface area contributed by atoms with Gasteiger partial charge < -0.3 is 10.2 Å². The first-order valence-corrected chi connectivity index (χ1v) is 3.12. The minimum atomic E-state index is -0.425. The predicted molar refractivity (Wildman–Crippen MR) is 39.6 cm³/mol. The highest BCUT2D eigenvalue weighted by molar-refractivity contribution is 6.32. The molecule has 0 heterocycles. The van der Waals surface area contributed by atoms with Crippen molar-refractivity contribution < 1.29 is 15.0 Å². The zero-order valence-corrected chi connectivity index (χ0v) is 6.09. The van der Waals surface area contributed by atoms with Crippen LogP contribution in [0.5, 0.6) is 11.5 Å². The van der Waals surface area contributed by atoms with Gasteiger partial charge in [-0.05, 0) is 12.1 Å². The van der Waals surface area contributed by atoms with E-state index in [9.17, 15) is 4.79 Å². The van der Waals surface area contributed by atoms with Crippen LogP contribution in [0.3, 0.4) is 0 Å². The highest BCUT2D eigenvalue weighted by atomic mass is 35.5. The molecule has 0 bridgehead atoms. The minimum Gasteiger partial charge on any atom is -0.504 e. The third-order valence-corrected chi connectivity index (χ3v) is 1.45. The van der Waals surface area contributed by atoms with Crippen LogP contribution in [0.1, 0.15) is 5.56 Å². The Morgan fingerprint density at radius 2 is 2.00 bits per heavy atom. The van der Waals surface area contributed by atoms with Crippen molar-refractivity contribution in [1.29, 1.82) is 0 Å². The molecule has 1 radical (unpaired) electrons. The van der Waals surface area contributed by atoms with Gasteiger partial charge >= 0.3 is 0 Å². The summed E-state index contributed by atoms with van der Waals surface area (Å²) in [5, 5.41) is 17.7. The number of carbonyl (C=O) groups excluding carboxylic acids is 1. The molecule has 0 unspecified atom stereocenters. The number of phenols is 2. The minimum absolute atomic E-state index is 0.0663. The Hall–Kier alpha value is -1.22. The van der Waals surface area contributed by atoms with Gasteiger partial charge in [0, 0.05) is 5.56 Å². The van der Waals surface area contributed by atoms with E-state index in [0.29, 0.717) is 0 Å². The smallest absolute Gasteiger partial charge is 0.233 e. The maximum Gasteiger partial charge on any atom is 0.233 e. The summed E-state index contributed by atoms with van der Waals surface area (Å²) >= 11 is 5.41. The van der Waals surface area contributed by atoms with Crippen molar-refractivity contribution in [2.24, 2.45) is 0 Å². The zero-order valence-electron chi connectivity index (χ0n) is 5.34. The first-order valence-electron chi connectivity index (χ1n) is 2.75. The van der Waals surface area contributed by atoms with Crippen LogP contribution in [0.25, 0.3) is 0 Å². The highest BCUT2D eigenvalue weighted by Gasteiger charge is 2.06. The third-order valence-electron chi connectivity index (χ3n) is 1.16. The molecule has 2 N–H and O–H groups in total. The second-order valence-electron chi connectivity index (χ2n) is 1.93. The maximum atomic E-state index is 10.0. The Morgan fingerprint density at radius 3 is 2.45 bits per heavy atom. The van der Waals surface area contributed by atoms with Gasteiger partial charge in [-0.2, -0.15) is 0 Å². The molecule has 1 aromatic rings.